The maximum atomic E-state index is 4.99. The van der Waals surface area contributed by atoms with E-state index in [1.807, 2.05) is 109 Å². The molecule has 0 radical (unpaired) electrons. The molecule has 0 atom stereocenters. The highest BCUT2D eigenvalue weighted by molar-refractivity contribution is 6.09. The van der Waals surface area contributed by atoms with Gasteiger partial charge < -0.3 is 0 Å². The highest BCUT2D eigenvalue weighted by Crippen LogP contribution is 2.36. The molecule has 8 nitrogen and oxygen atoms in total. The van der Waals surface area contributed by atoms with E-state index < -0.39 is 0 Å². The molecule has 0 bridgehead atoms. The minimum Gasteiger partial charge on any atom is -0.294 e. The van der Waals surface area contributed by atoms with Crippen LogP contribution in [-0.4, -0.2) is 39.5 Å². The van der Waals surface area contributed by atoms with Gasteiger partial charge in [0.2, 0.25) is 0 Å². The second kappa shape index (κ2) is 15.4. The Morgan fingerprint density at radius 2 is 0.787 bits per heavy atom. The van der Waals surface area contributed by atoms with Crippen LogP contribution in [0.1, 0.15) is 0 Å². The Bertz CT molecular complexity index is 3200. The molecule has 0 saturated heterocycles. The lowest BCUT2D eigenvalue weighted by Gasteiger charge is -2.11. The molecule has 0 N–H and O–H groups in total. The topological polar surface area (TPSA) is 95.2 Å². The van der Waals surface area contributed by atoms with Gasteiger partial charge in [-0.05, 0) is 101 Å². The van der Waals surface area contributed by atoms with E-state index in [-0.39, 0.29) is 0 Å². The van der Waals surface area contributed by atoms with Gasteiger partial charge in [-0.1, -0.05) is 109 Å². The molecular formula is C53H34N8. The molecule has 0 aliphatic rings. The van der Waals surface area contributed by atoms with Crippen LogP contribution in [-0.2, 0) is 0 Å². The summed E-state index contributed by atoms with van der Waals surface area (Å²) in [5, 5.41) is 2.12. The molecule has 0 amide bonds. The Morgan fingerprint density at radius 3 is 1.34 bits per heavy atom. The van der Waals surface area contributed by atoms with Crippen LogP contribution in [0.3, 0.4) is 0 Å². The first-order valence-electron chi connectivity index (χ1n) is 20.0. The van der Waals surface area contributed by atoms with E-state index in [0.717, 1.165) is 89.3 Å². The lowest BCUT2D eigenvalue weighted by atomic mass is 9.99. The number of fused-ring (bicyclic) bond motifs is 3. The zero-order valence-electron chi connectivity index (χ0n) is 32.7. The first-order valence-corrected chi connectivity index (χ1v) is 20.0. The van der Waals surface area contributed by atoms with Gasteiger partial charge in [0, 0.05) is 51.7 Å². The van der Waals surface area contributed by atoms with Crippen molar-refractivity contribution in [2.45, 2.75) is 0 Å². The fourth-order valence-corrected chi connectivity index (χ4v) is 7.83. The monoisotopic (exact) mass is 782 g/mol. The third-order valence-electron chi connectivity index (χ3n) is 10.8. The van der Waals surface area contributed by atoms with Crippen molar-refractivity contribution < 1.29 is 0 Å². The van der Waals surface area contributed by atoms with Gasteiger partial charge in [-0.3, -0.25) is 14.5 Å². The first kappa shape index (κ1) is 35.7. The van der Waals surface area contributed by atoms with E-state index in [0.29, 0.717) is 17.5 Å². The van der Waals surface area contributed by atoms with Crippen molar-refractivity contribution in [1.29, 1.82) is 0 Å². The van der Waals surface area contributed by atoms with E-state index in [2.05, 4.69) is 99.5 Å². The summed E-state index contributed by atoms with van der Waals surface area (Å²) in [4.78, 5) is 33.8. The minimum atomic E-state index is 0.612. The smallest absolute Gasteiger partial charge is 0.164 e. The predicted molar refractivity (Wildman–Crippen MR) is 243 cm³/mol. The molecule has 8 heteroatoms. The van der Waals surface area contributed by atoms with E-state index in [1.54, 1.807) is 12.4 Å². The van der Waals surface area contributed by atoms with Gasteiger partial charge in [-0.2, -0.15) is 0 Å². The van der Waals surface area contributed by atoms with Crippen molar-refractivity contribution in [2.24, 2.45) is 0 Å². The Kier molecular flexibility index (Phi) is 8.98. The maximum absolute atomic E-state index is 4.99. The number of aromatic nitrogens is 8. The van der Waals surface area contributed by atoms with Crippen LogP contribution in [0.5, 0.6) is 0 Å². The molecule has 61 heavy (non-hydrogen) atoms. The number of hydrogen-bond donors (Lipinski definition) is 0. The fraction of sp³-hybridized carbons (Fsp3) is 0. The molecule has 286 valence electrons. The van der Waals surface area contributed by atoms with Crippen LogP contribution in [0, 0.1) is 0 Å². The van der Waals surface area contributed by atoms with Gasteiger partial charge in [0.05, 0.1) is 28.3 Å². The summed E-state index contributed by atoms with van der Waals surface area (Å²) in [6, 6.07) is 63.9. The summed E-state index contributed by atoms with van der Waals surface area (Å²) >= 11 is 0. The standard InChI is InChI=1S/C53H34N8/c1-3-12-38(13-4-1)50-58-51(39-14-5-2-6-15-39)60-52(59-50)40-25-28-49-44(32-40)43-16-11-31-56-53(43)61(49)42-26-23-36(24-27-42)35-19-21-37(22-20-35)41-33-47(45-17-7-9-29-54-45)57-48(34-41)46-18-8-10-30-55-46/h1-34H. The van der Waals surface area contributed by atoms with Crippen molar-refractivity contribution in [3.8, 4) is 84.9 Å². The minimum absolute atomic E-state index is 0.612. The lowest BCUT2D eigenvalue weighted by molar-refractivity contribution is 1.07. The number of benzene rings is 5. The summed E-state index contributed by atoms with van der Waals surface area (Å²) in [6.45, 7) is 0. The van der Waals surface area contributed by atoms with Crippen LogP contribution in [0.2, 0.25) is 0 Å². The molecule has 6 heterocycles. The van der Waals surface area contributed by atoms with Crippen LogP contribution >= 0.6 is 0 Å². The fourth-order valence-electron chi connectivity index (χ4n) is 7.83. The molecule has 11 rings (SSSR count). The van der Waals surface area contributed by atoms with Crippen LogP contribution in [0.25, 0.3) is 107 Å². The van der Waals surface area contributed by atoms with E-state index in [1.165, 1.54) is 0 Å². The molecule has 6 aromatic heterocycles. The summed E-state index contributed by atoms with van der Waals surface area (Å²) in [5.74, 6) is 1.87. The lowest BCUT2D eigenvalue weighted by Crippen LogP contribution is -2.00. The third-order valence-corrected chi connectivity index (χ3v) is 10.8. The van der Waals surface area contributed by atoms with E-state index >= 15 is 0 Å². The number of rotatable bonds is 8. The number of pyridine rings is 4. The molecule has 5 aromatic carbocycles. The predicted octanol–water partition coefficient (Wildman–Crippen LogP) is 12.2. The second-order valence-electron chi connectivity index (χ2n) is 14.7. The number of nitrogens with zero attached hydrogens (tertiary/aromatic N) is 8. The van der Waals surface area contributed by atoms with E-state index in [9.17, 15) is 0 Å². The Labute approximate surface area is 351 Å². The van der Waals surface area contributed by atoms with Gasteiger partial charge in [-0.25, -0.2) is 24.9 Å². The highest BCUT2D eigenvalue weighted by atomic mass is 15.1. The summed E-state index contributed by atoms with van der Waals surface area (Å²) in [6.07, 6.45) is 5.43. The molecule has 0 aliphatic carbocycles. The first-order chi connectivity index (χ1) is 30.2. The van der Waals surface area contributed by atoms with Gasteiger partial charge in [0.1, 0.15) is 5.65 Å². The Hall–Kier alpha value is -8.49. The quantitative estimate of drug-likeness (QED) is 0.151. The molecule has 0 unspecified atom stereocenters. The summed E-state index contributed by atoms with van der Waals surface area (Å²) in [7, 11) is 0. The van der Waals surface area contributed by atoms with Crippen molar-refractivity contribution in [2.75, 3.05) is 0 Å². The highest BCUT2D eigenvalue weighted by Gasteiger charge is 2.18. The summed E-state index contributed by atoms with van der Waals surface area (Å²) in [5.41, 5.74) is 13.3. The zero-order valence-corrected chi connectivity index (χ0v) is 32.7. The van der Waals surface area contributed by atoms with Crippen molar-refractivity contribution in [1.82, 2.24) is 39.5 Å². The van der Waals surface area contributed by atoms with Crippen molar-refractivity contribution in [3.05, 3.63) is 207 Å². The maximum Gasteiger partial charge on any atom is 0.164 e. The molecule has 11 aromatic rings. The Balaban J connectivity index is 0.936. The molecule has 0 saturated carbocycles. The second-order valence-corrected chi connectivity index (χ2v) is 14.7. The average molecular weight is 783 g/mol. The van der Waals surface area contributed by atoms with Gasteiger partial charge in [-0.15, -0.1) is 0 Å². The van der Waals surface area contributed by atoms with Gasteiger partial charge in [0.15, 0.2) is 17.5 Å². The Morgan fingerprint density at radius 1 is 0.295 bits per heavy atom. The molecular weight excluding hydrogens is 749 g/mol. The summed E-state index contributed by atoms with van der Waals surface area (Å²) < 4.78 is 2.22. The molecule has 0 aliphatic heterocycles. The average Bonchev–Trinajstić information content (AvgIpc) is 3.68. The molecule has 0 spiro atoms. The normalized spacial score (nSPS) is 11.3. The van der Waals surface area contributed by atoms with Gasteiger partial charge >= 0.3 is 0 Å². The molecule has 0 fully saturated rings. The largest absolute Gasteiger partial charge is 0.294 e. The van der Waals surface area contributed by atoms with Crippen LogP contribution in [0.15, 0.2) is 207 Å². The van der Waals surface area contributed by atoms with Crippen LogP contribution < -0.4 is 0 Å². The zero-order chi connectivity index (χ0) is 40.5. The van der Waals surface area contributed by atoms with Crippen LogP contribution in [0.4, 0.5) is 0 Å². The SMILES string of the molecule is c1ccc(-c2nc(-c3ccccc3)nc(-c3ccc4c(c3)c3cccnc3n4-c3ccc(-c4ccc(-c5cc(-c6ccccn6)nc(-c6ccccn6)c5)cc4)cc3)n2)cc1. The van der Waals surface area contributed by atoms with E-state index in [4.69, 9.17) is 24.9 Å². The third kappa shape index (κ3) is 6.88. The van der Waals surface area contributed by atoms with Gasteiger partial charge in [0.25, 0.3) is 0 Å². The van der Waals surface area contributed by atoms with Crippen molar-refractivity contribution in [3.63, 3.8) is 0 Å². The van der Waals surface area contributed by atoms with Crippen molar-refractivity contribution >= 4 is 21.9 Å². The number of hydrogen-bond acceptors (Lipinski definition) is 7.